The van der Waals surface area contributed by atoms with E-state index in [4.69, 9.17) is 4.42 Å². The van der Waals surface area contributed by atoms with E-state index in [1.54, 1.807) is 6.92 Å². The number of nitrogens with one attached hydrogen (secondary N) is 1. The molecule has 0 unspecified atom stereocenters. The highest BCUT2D eigenvalue weighted by Crippen LogP contribution is 2.21. The van der Waals surface area contributed by atoms with E-state index in [2.05, 4.69) is 10.3 Å². The summed E-state index contributed by atoms with van der Waals surface area (Å²) in [6.45, 7) is 6.57. The monoisotopic (exact) mass is 329 g/mol. The molecule has 0 saturated carbocycles. The predicted molar refractivity (Wildman–Crippen MR) is 91.3 cm³/mol. The van der Waals surface area contributed by atoms with Crippen LogP contribution in [0.25, 0.3) is 11.5 Å². The summed E-state index contributed by atoms with van der Waals surface area (Å²) in [5, 5.41) is 2.70. The summed E-state index contributed by atoms with van der Waals surface area (Å²) in [4.78, 5) is 30.1. The molecule has 0 aliphatic rings. The van der Waals surface area contributed by atoms with Crippen molar-refractivity contribution in [2.24, 2.45) is 0 Å². The van der Waals surface area contributed by atoms with Crippen molar-refractivity contribution in [3.8, 4) is 11.5 Å². The van der Waals surface area contributed by atoms with Gasteiger partial charge in [-0.15, -0.1) is 0 Å². The van der Waals surface area contributed by atoms with Crippen molar-refractivity contribution in [1.29, 1.82) is 0 Å². The molecule has 0 aliphatic carbocycles. The molecule has 0 aliphatic heterocycles. The maximum atomic E-state index is 12.4. The van der Waals surface area contributed by atoms with E-state index in [1.807, 2.05) is 44.2 Å². The molecule has 1 N–H and O–H groups in total. The van der Waals surface area contributed by atoms with Gasteiger partial charge in [0, 0.05) is 18.7 Å². The molecule has 24 heavy (non-hydrogen) atoms. The highest BCUT2D eigenvalue weighted by Gasteiger charge is 2.19. The summed E-state index contributed by atoms with van der Waals surface area (Å²) < 4.78 is 5.67. The molecule has 0 saturated heterocycles. The lowest BCUT2D eigenvalue weighted by molar-refractivity contribution is -0.135. The maximum absolute atomic E-state index is 12.4. The van der Waals surface area contributed by atoms with E-state index in [-0.39, 0.29) is 24.8 Å². The molecule has 0 fully saturated rings. The van der Waals surface area contributed by atoms with Crippen LogP contribution in [0.3, 0.4) is 0 Å². The second-order valence-electron chi connectivity index (χ2n) is 5.43. The van der Waals surface area contributed by atoms with Gasteiger partial charge in [0.15, 0.2) is 0 Å². The normalized spacial score (nSPS) is 10.5. The smallest absolute Gasteiger partial charge is 0.239 e. The van der Waals surface area contributed by atoms with Crippen LogP contribution in [-0.4, -0.2) is 41.3 Å². The van der Waals surface area contributed by atoms with Gasteiger partial charge in [0.25, 0.3) is 0 Å². The average molecular weight is 329 g/mol. The average Bonchev–Trinajstić information content (AvgIpc) is 2.94. The van der Waals surface area contributed by atoms with Crippen molar-refractivity contribution >= 4 is 11.8 Å². The standard InChI is InChI=1S/C18H23N3O3/c1-4-19-16(22)12-21(5-2)17(23)11-15-13(3)24-18(20-15)14-9-7-6-8-10-14/h6-10H,4-5,11-12H2,1-3H3,(H,19,22). The van der Waals surface area contributed by atoms with Crippen molar-refractivity contribution < 1.29 is 14.0 Å². The molecule has 1 aromatic carbocycles. The van der Waals surface area contributed by atoms with Crippen molar-refractivity contribution in [1.82, 2.24) is 15.2 Å². The van der Waals surface area contributed by atoms with Crippen molar-refractivity contribution in [3.63, 3.8) is 0 Å². The molecular formula is C18H23N3O3. The van der Waals surface area contributed by atoms with E-state index in [0.29, 0.717) is 30.4 Å². The highest BCUT2D eigenvalue weighted by atomic mass is 16.4. The number of rotatable bonds is 7. The molecule has 0 spiro atoms. The summed E-state index contributed by atoms with van der Waals surface area (Å²) in [7, 11) is 0. The minimum absolute atomic E-state index is 0.0611. The minimum Gasteiger partial charge on any atom is -0.441 e. The van der Waals surface area contributed by atoms with Crippen LogP contribution in [0.15, 0.2) is 34.7 Å². The molecular weight excluding hydrogens is 306 g/mol. The molecule has 0 atom stereocenters. The molecule has 2 amide bonds. The van der Waals surface area contributed by atoms with E-state index in [9.17, 15) is 9.59 Å². The van der Waals surface area contributed by atoms with Gasteiger partial charge >= 0.3 is 0 Å². The first-order valence-corrected chi connectivity index (χ1v) is 8.11. The Bertz CT molecular complexity index is 695. The molecule has 6 heteroatoms. The number of hydrogen-bond acceptors (Lipinski definition) is 4. The molecule has 2 aromatic rings. The number of amides is 2. The zero-order valence-electron chi connectivity index (χ0n) is 14.3. The lowest BCUT2D eigenvalue weighted by Crippen LogP contribution is -2.41. The Morgan fingerprint density at radius 1 is 1.21 bits per heavy atom. The molecule has 1 heterocycles. The second kappa shape index (κ2) is 8.29. The molecule has 2 rings (SSSR count). The number of nitrogens with zero attached hydrogens (tertiary/aromatic N) is 2. The van der Waals surface area contributed by atoms with E-state index < -0.39 is 0 Å². The topological polar surface area (TPSA) is 75.4 Å². The van der Waals surface area contributed by atoms with Gasteiger partial charge < -0.3 is 14.6 Å². The molecule has 1 aromatic heterocycles. The van der Waals surface area contributed by atoms with Gasteiger partial charge in [-0.25, -0.2) is 4.98 Å². The van der Waals surface area contributed by atoms with E-state index in [1.165, 1.54) is 4.90 Å². The molecule has 6 nitrogen and oxygen atoms in total. The first kappa shape index (κ1) is 17.7. The van der Waals surface area contributed by atoms with Gasteiger partial charge in [-0.1, -0.05) is 18.2 Å². The Labute approximate surface area is 141 Å². The van der Waals surface area contributed by atoms with Gasteiger partial charge in [-0.2, -0.15) is 0 Å². The van der Waals surface area contributed by atoms with Crippen LogP contribution >= 0.6 is 0 Å². The predicted octanol–water partition coefficient (Wildman–Crippen LogP) is 2.18. The second-order valence-corrected chi connectivity index (χ2v) is 5.43. The number of aromatic nitrogens is 1. The van der Waals surface area contributed by atoms with Crippen LogP contribution in [0.2, 0.25) is 0 Å². The third kappa shape index (κ3) is 4.44. The van der Waals surface area contributed by atoms with Gasteiger partial charge in [0.1, 0.15) is 5.76 Å². The van der Waals surface area contributed by atoms with Crippen molar-refractivity contribution in [3.05, 3.63) is 41.8 Å². The first-order valence-electron chi connectivity index (χ1n) is 8.11. The summed E-state index contributed by atoms with van der Waals surface area (Å²) >= 11 is 0. The Kier molecular flexibility index (Phi) is 6.12. The number of benzene rings is 1. The largest absolute Gasteiger partial charge is 0.441 e. The number of carbonyl (C=O) groups excluding carboxylic acids is 2. The van der Waals surface area contributed by atoms with Crippen LogP contribution < -0.4 is 5.32 Å². The van der Waals surface area contributed by atoms with E-state index >= 15 is 0 Å². The summed E-state index contributed by atoms with van der Waals surface area (Å²) in [6.07, 6.45) is 0.120. The summed E-state index contributed by atoms with van der Waals surface area (Å²) in [5.74, 6) is 0.827. The van der Waals surface area contributed by atoms with Crippen molar-refractivity contribution in [2.75, 3.05) is 19.6 Å². The Morgan fingerprint density at radius 2 is 1.92 bits per heavy atom. The van der Waals surface area contributed by atoms with Crippen molar-refractivity contribution in [2.45, 2.75) is 27.2 Å². The molecule has 0 bridgehead atoms. The van der Waals surface area contributed by atoms with Gasteiger partial charge in [0.2, 0.25) is 17.7 Å². The third-order valence-corrected chi connectivity index (χ3v) is 3.67. The van der Waals surface area contributed by atoms with Crippen LogP contribution in [0.5, 0.6) is 0 Å². The van der Waals surface area contributed by atoms with Gasteiger partial charge in [0.05, 0.1) is 18.7 Å². The number of carbonyl (C=O) groups is 2. The number of aryl methyl sites for hydroxylation is 1. The fourth-order valence-electron chi connectivity index (χ4n) is 2.35. The minimum atomic E-state index is -0.158. The number of likely N-dealkylation sites (N-methyl/N-ethyl adjacent to an activating group) is 2. The van der Waals surface area contributed by atoms with E-state index in [0.717, 1.165) is 5.56 Å². The van der Waals surface area contributed by atoms with Gasteiger partial charge in [-0.3, -0.25) is 9.59 Å². The Balaban J connectivity index is 2.08. The zero-order valence-corrected chi connectivity index (χ0v) is 14.3. The SMILES string of the molecule is CCNC(=O)CN(CC)C(=O)Cc1nc(-c2ccccc2)oc1C. The lowest BCUT2D eigenvalue weighted by Gasteiger charge is -2.19. The molecule has 128 valence electrons. The molecule has 0 radical (unpaired) electrons. The summed E-state index contributed by atoms with van der Waals surface area (Å²) in [5.41, 5.74) is 1.47. The third-order valence-electron chi connectivity index (χ3n) is 3.67. The van der Waals surface area contributed by atoms with Crippen LogP contribution in [0.1, 0.15) is 25.3 Å². The highest BCUT2D eigenvalue weighted by molar-refractivity contribution is 5.85. The quantitative estimate of drug-likeness (QED) is 0.845. The fraction of sp³-hybridized carbons (Fsp3) is 0.389. The Morgan fingerprint density at radius 3 is 2.54 bits per heavy atom. The van der Waals surface area contributed by atoms with Gasteiger partial charge in [-0.05, 0) is 32.9 Å². The first-order chi connectivity index (χ1) is 11.5. The number of oxazole rings is 1. The number of hydrogen-bond donors (Lipinski definition) is 1. The van der Waals surface area contributed by atoms with Crippen LogP contribution in [0, 0.1) is 6.92 Å². The summed E-state index contributed by atoms with van der Waals surface area (Å²) in [6, 6.07) is 9.55. The Hall–Kier alpha value is -2.63. The zero-order chi connectivity index (χ0) is 17.5. The fourth-order valence-corrected chi connectivity index (χ4v) is 2.35. The maximum Gasteiger partial charge on any atom is 0.239 e. The van der Waals surface area contributed by atoms with Crippen LogP contribution in [-0.2, 0) is 16.0 Å². The lowest BCUT2D eigenvalue weighted by atomic mass is 10.2. The van der Waals surface area contributed by atoms with Crippen LogP contribution in [0.4, 0.5) is 0 Å².